The second-order valence-electron chi connectivity index (χ2n) is 5.31. The van der Waals surface area contributed by atoms with Crippen molar-refractivity contribution in [2.75, 3.05) is 26.7 Å². The van der Waals surface area contributed by atoms with Crippen LogP contribution < -0.4 is 10.5 Å². The largest absolute Gasteiger partial charge is 0.497 e. The minimum absolute atomic E-state index is 0.412. The van der Waals surface area contributed by atoms with Gasteiger partial charge in [-0.15, -0.1) is 0 Å². The van der Waals surface area contributed by atoms with Gasteiger partial charge in [0.2, 0.25) is 0 Å². The van der Waals surface area contributed by atoms with Gasteiger partial charge in [-0.2, -0.15) is 0 Å². The highest BCUT2D eigenvalue weighted by Gasteiger charge is 2.29. The molecule has 0 spiro atoms. The molecule has 0 bridgehead atoms. The van der Waals surface area contributed by atoms with E-state index in [1.807, 2.05) is 6.07 Å². The summed E-state index contributed by atoms with van der Waals surface area (Å²) in [6.07, 6.45) is 3.90. The number of methoxy groups -OCH3 is 1. The summed E-state index contributed by atoms with van der Waals surface area (Å²) in [5.41, 5.74) is 7.39. The maximum Gasteiger partial charge on any atom is 0.119 e. The molecule has 2 rings (SSSR count). The van der Waals surface area contributed by atoms with E-state index in [1.54, 1.807) is 7.11 Å². The molecule has 3 heteroatoms. The molecule has 19 heavy (non-hydrogen) atoms. The molecule has 1 heterocycles. The van der Waals surface area contributed by atoms with Crippen LogP contribution >= 0.6 is 0 Å². The Labute approximate surface area is 116 Å². The van der Waals surface area contributed by atoms with Crippen LogP contribution in [0.15, 0.2) is 24.3 Å². The Balaban J connectivity index is 2.21. The van der Waals surface area contributed by atoms with Crippen LogP contribution in [0.4, 0.5) is 0 Å². The van der Waals surface area contributed by atoms with E-state index in [9.17, 15) is 0 Å². The number of piperidine rings is 1. The van der Waals surface area contributed by atoms with Crippen molar-refractivity contribution >= 4 is 0 Å². The van der Waals surface area contributed by atoms with Gasteiger partial charge in [0.05, 0.1) is 7.11 Å². The van der Waals surface area contributed by atoms with Crippen molar-refractivity contribution in [1.82, 2.24) is 4.90 Å². The van der Waals surface area contributed by atoms with Crippen LogP contribution in [0.3, 0.4) is 0 Å². The van der Waals surface area contributed by atoms with E-state index in [0.29, 0.717) is 18.5 Å². The topological polar surface area (TPSA) is 38.5 Å². The summed E-state index contributed by atoms with van der Waals surface area (Å²) in [6.45, 7) is 5.28. The number of benzene rings is 1. The number of hydrogen-bond donors (Lipinski definition) is 1. The molecule has 106 valence electrons. The van der Waals surface area contributed by atoms with Crippen molar-refractivity contribution < 1.29 is 4.74 Å². The molecular weight excluding hydrogens is 236 g/mol. The molecule has 0 radical (unpaired) electrons. The van der Waals surface area contributed by atoms with Crippen LogP contribution in [0.25, 0.3) is 0 Å². The highest BCUT2D eigenvalue weighted by atomic mass is 16.5. The van der Waals surface area contributed by atoms with Gasteiger partial charge in [-0.3, -0.25) is 0 Å². The van der Waals surface area contributed by atoms with E-state index in [-0.39, 0.29) is 0 Å². The molecule has 1 aromatic rings. The lowest BCUT2D eigenvalue weighted by atomic mass is 9.85. The number of hydrogen-bond acceptors (Lipinski definition) is 3. The Kier molecular flexibility index (Phi) is 5.23. The molecule has 0 aliphatic carbocycles. The van der Waals surface area contributed by atoms with Crippen LogP contribution in [-0.4, -0.2) is 37.7 Å². The quantitative estimate of drug-likeness (QED) is 0.886. The van der Waals surface area contributed by atoms with Crippen LogP contribution in [0.1, 0.15) is 37.7 Å². The van der Waals surface area contributed by atoms with E-state index in [4.69, 9.17) is 10.5 Å². The molecule has 1 aliphatic heterocycles. The zero-order valence-electron chi connectivity index (χ0n) is 12.1. The minimum atomic E-state index is 0.412. The zero-order chi connectivity index (χ0) is 13.7. The zero-order valence-corrected chi connectivity index (χ0v) is 12.1. The summed E-state index contributed by atoms with van der Waals surface area (Å²) < 4.78 is 5.34. The average Bonchev–Trinajstić information content (AvgIpc) is 2.49. The lowest BCUT2D eigenvalue weighted by Crippen LogP contribution is -2.45. The van der Waals surface area contributed by atoms with Crippen LogP contribution in [0, 0.1) is 0 Å². The predicted molar refractivity (Wildman–Crippen MR) is 79.7 cm³/mol. The Morgan fingerprint density at radius 3 is 2.95 bits per heavy atom. The second-order valence-corrected chi connectivity index (χ2v) is 5.31. The van der Waals surface area contributed by atoms with Crippen molar-refractivity contribution in [3.63, 3.8) is 0 Å². The Bertz CT molecular complexity index is 394. The van der Waals surface area contributed by atoms with Crippen molar-refractivity contribution in [3.05, 3.63) is 29.8 Å². The number of likely N-dealkylation sites (tertiary alicyclic amines) is 1. The van der Waals surface area contributed by atoms with Crippen molar-refractivity contribution in [2.45, 2.75) is 38.1 Å². The first-order chi connectivity index (χ1) is 9.30. The highest BCUT2D eigenvalue weighted by Crippen LogP contribution is 2.31. The van der Waals surface area contributed by atoms with Gasteiger partial charge in [0.1, 0.15) is 5.75 Å². The molecule has 1 aliphatic rings. The van der Waals surface area contributed by atoms with E-state index >= 15 is 0 Å². The van der Waals surface area contributed by atoms with E-state index < -0.39 is 0 Å². The van der Waals surface area contributed by atoms with Crippen LogP contribution in [0.5, 0.6) is 5.75 Å². The highest BCUT2D eigenvalue weighted by molar-refractivity contribution is 5.32. The second kappa shape index (κ2) is 6.92. The Morgan fingerprint density at radius 1 is 1.42 bits per heavy atom. The molecule has 0 aromatic heterocycles. The van der Waals surface area contributed by atoms with Crippen molar-refractivity contribution in [3.8, 4) is 5.75 Å². The summed E-state index contributed by atoms with van der Waals surface area (Å²) in [6, 6.07) is 8.96. The fourth-order valence-corrected chi connectivity index (χ4v) is 3.25. The fraction of sp³-hybridized carbons (Fsp3) is 0.625. The smallest absolute Gasteiger partial charge is 0.119 e. The number of nitrogens with two attached hydrogens (primary N) is 1. The third-order valence-electron chi connectivity index (χ3n) is 4.31. The minimum Gasteiger partial charge on any atom is -0.497 e. The third kappa shape index (κ3) is 3.28. The first-order valence-electron chi connectivity index (χ1n) is 7.38. The van der Waals surface area contributed by atoms with Gasteiger partial charge in [0.15, 0.2) is 0 Å². The summed E-state index contributed by atoms with van der Waals surface area (Å²) >= 11 is 0. The maximum absolute atomic E-state index is 6.08. The average molecular weight is 262 g/mol. The van der Waals surface area contributed by atoms with Gasteiger partial charge < -0.3 is 15.4 Å². The van der Waals surface area contributed by atoms with Crippen molar-refractivity contribution in [2.24, 2.45) is 5.73 Å². The molecule has 2 atom stereocenters. The molecule has 1 fully saturated rings. The van der Waals surface area contributed by atoms with Crippen LogP contribution in [0.2, 0.25) is 0 Å². The van der Waals surface area contributed by atoms with Gasteiger partial charge in [-0.05, 0) is 43.6 Å². The molecule has 2 N–H and O–H groups in total. The van der Waals surface area contributed by atoms with Gasteiger partial charge in [-0.25, -0.2) is 0 Å². The van der Waals surface area contributed by atoms with Crippen molar-refractivity contribution in [1.29, 1.82) is 0 Å². The fourth-order valence-electron chi connectivity index (χ4n) is 3.25. The Morgan fingerprint density at radius 2 is 2.26 bits per heavy atom. The lowest BCUT2D eigenvalue weighted by Gasteiger charge is -2.39. The molecular formula is C16H26N2O. The lowest BCUT2D eigenvalue weighted by molar-refractivity contribution is 0.134. The van der Waals surface area contributed by atoms with E-state index in [0.717, 1.165) is 12.3 Å². The normalized spacial score (nSPS) is 22.2. The monoisotopic (exact) mass is 262 g/mol. The molecule has 1 aromatic carbocycles. The summed E-state index contributed by atoms with van der Waals surface area (Å²) in [5, 5.41) is 0. The number of rotatable bonds is 5. The summed E-state index contributed by atoms with van der Waals surface area (Å²) in [7, 11) is 1.72. The predicted octanol–water partition coefficient (Wildman–Crippen LogP) is 2.61. The molecule has 1 saturated heterocycles. The van der Waals surface area contributed by atoms with E-state index in [2.05, 4.69) is 30.0 Å². The number of nitrogens with zero attached hydrogens (tertiary/aromatic N) is 1. The first-order valence-corrected chi connectivity index (χ1v) is 7.38. The first kappa shape index (κ1) is 14.4. The van der Waals surface area contributed by atoms with Gasteiger partial charge in [0, 0.05) is 18.5 Å². The summed E-state index contributed by atoms with van der Waals surface area (Å²) in [5.74, 6) is 1.34. The third-order valence-corrected chi connectivity index (χ3v) is 4.31. The number of likely N-dealkylation sites (N-methyl/N-ethyl adjacent to an activating group) is 1. The SMILES string of the molecule is CCN1CCCCC1C(CN)c1cccc(OC)c1. The number of ether oxygens (including phenoxy) is 1. The molecule has 0 amide bonds. The standard InChI is InChI=1S/C16H26N2O/c1-3-18-10-5-4-9-16(18)15(12-17)13-7-6-8-14(11-13)19-2/h6-8,11,15-16H,3-5,9-10,12,17H2,1-2H3. The van der Waals surface area contributed by atoms with Gasteiger partial charge in [0.25, 0.3) is 0 Å². The van der Waals surface area contributed by atoms with E-state index in [1.165, 1.54) is 31.4 Å². The van der Waals surface area contributed by atoms with Gasteiger partial charge in [-0.1, -0.05) is 25.5 Å². The molecule has 0 saturated carbocycles. The summed E-state index contributed by atoms with van der Waals surface area (Å²) in [4.78, 5) is 2.58. The Hall–Kier alpha value is -1.06. The maximum atomic E-state index is 6.08. The molecule has 2 unspecified atom stereocenters. The molecule has 3 nitrogen and oxygen atoms in total. The van der Waals surface area contributed by atoms with Gasteiger partial charge >= 0.3 is 0 Å². The van der Waals surface area contributed by atoms with Crippen LogP contribution in [-0.2, 0) is 0 Å².